The third-order valence-electron chi connectivity index (χ3n) is 4.43. The van der Waals surface area contributed by atoms with Crippen LogP contribution in [0.25, 0.3) is 21.3 Å². The minimum absolute atomic E-state index is 0.143. The first-order valence-electron chi connectivity index (χ1n) is 8.60. The molecule has 4 rings (SSSR count). The van der Waals surface area contributed by atoms with Crippen molar-refractivity contribution in [1.29, 1.82) is 0 Å². The Morgan fingerprint density at radius 1 is 1.07 bits per heavy atom. The van der Waals surface area contributed by atoms with E-state index in [2.05, 4.69) is 15.3 Å². The Kier molecular flexibility index (Phi) is 4.49. The van der Waals surface area contributed by atoms with Gasteiger partial charge in [-0.15, -0.1) is 11.3 Å². The molecule has 2 heterocycles. The van der Waals surface area contributed by atoms with E-state index in [1.54, 1.807) is 12.1 Å². The van der Waals surface area contributed by atoms with Gasteiger partial charge in [0.2, 0.25) is 0 Å². The third-order valence-corrected chi connectivity index (χ3v) is 5.43. The molecular formula is C21H18FN3OS. The first-order chi connectivity index (χ1) is 13.0. The zero-order valence-corrected chi connectivity index (χ0v) is 15.8. The number of nitrogens with zero attached hydrogens (tertiary/aromatic N) is 1. The normalized spacial score (nSPS) is 11.1. The fourth-order valence-corrected chi connectivity index (χ4v) is 4.13. The zero-order chi connectivity index (χ0) is 19.0. The van der Waals surface area contributed by atoms with Crippen LogP contribution in [0.1, 0.15) is 16.3 Å². The SMILES string of the molecule is Cc1ccc(-c2c(C)sc3nc(CNc4ccc(F)cc4)[nH]c(=O)c23)cc1. The first-order valence-corrected chi connectivity index (χ1v) is 9.41. The number of H-pyrrole nitrogens is 1. The minimum atomic E-state index is -0.286. The van der Waals surface area contributed by atoms with Gasteiger partial charge in [0.1, 0.15) is 16.5 Å². The molecule has 27 heavy (non-hydrogen) atoms. The predicted octanol–water partition coefficient (Wildman–Crippen LogP) is 5.02. The molecule has 0 aliphatic rings. The van der Waals surface area contributed by atoms with E-state index in [-0.39, 0.29) is 11.4 Å². The lowest BCUT2D eigenvalue weighted by molar-refractivity contribution is 0.628. The van der Waals surface area contributed by atoms with Crippen LogP contribution in [0.3, 0.4) is 0 Å². The fourth-order valence-electron chi connectivity index (χ4n) is 3.07. The minimum Gasteiger partial charge on any atom is -0.378 e. The fraction of sp³-hybridized carbons (Fsp3) is 0.143. The molecule has 0 bridgehead atoms. The molecule has 4 nitrogen and oxygen atoms in total. The van der Waals surface area contributed by atoms with Crippen LogP contribution in [-0.2, 0) is 6.54 Å². The van der Waals surface area contributed by atoms with Crippen LogP contribution < -0.4 is 10.9 Å². The van der Waals surface area contributed by atoms with E-state index in [4.69, 9.17) is 0 Å². The highest BCUT2D eigenvalue weighted by Crippen LogP contribution is 2.35. The summed E-state index contributed by atoms with van der Waals surface area (Å²) in [6, 6.07) is 14.2. The average molecular weight is 379 g/mol. The molecular weight excluding hydrogens is 361 g/mol. The summed E-state index contributed by atoms with van der Waals surface area (Å²) in [5.74, 6) is 0.264. The van der Waals surface area contributed by atoms with Gasteiger partial charge in [-0.3, -0.25) is 4.79 Å². The summed E-state index contributed by atoms with van der Waals surface area (Å²) >= 11 is 1.52. The van der Waals surface area contributed by atoms with Gasteiger partial charge in [0.05, 0.1) is 11.9 Å². The average Bonchev–Trinajstić information content (AvgIpc) is 2.98. The van der Waals surface area contributed by atoms with Gasteiger partial charge in [0.15, 0.2) is 0 Å². The molecule has 2 aromatic carbocycles. The number of aromatic nitrogens is 2. The van der Waals surface area contributed by atoms with Crippen molar-refractivity contribution in [3.05, 3.63) is 81.0 Å². The monoisotopic (exact) mass is 379 g/mol. The van der Waals surface area contributed by atoms with E-state index in [0.29, 0.717) is 17.8 Å². The molecule has 0 unspecified atom stereocenters. The summed E-state index contributed by atoms with van der Waals surface area (Å²) in [4.78, 5) is 22.0. The summed E-state index contributed by atoms with van der Waals surface area (Å²) in [5.41, 5.74) is 3.77. The number of hydrogen-bond donors (Lipinski definition) is 2. The number of anilines is 1. The van der Waals surface area contributed by atoms with E-state index in [1.165, 1.54) is 29.0 Å². The Morgan fingerprint density at radius 2 is 1.78 bits per heavy atom. The maximum Gasteiger partial charge on any atom is 0.260 e. The van der Waals surface area contributed by atoms with E-state index < -0.39 is 0 Å². The van der Waals surface area contributed by atoms with Crippen LogP contribution in [-0.4, -0.2) is 9.97 Å². The van der Waals surface area contributed by atoms with E-state index in [0.717, 1.165) is 26.5 Å². The standard InChI is InChI=1S/C21H18FN3OS/c1-12-3-5-14(6-4-12)18-13(2)27-21-19(18)20(26)24-17(25-21)11-23-16-9-7-15(22)8-10-16/h3-10,23H,11H2,1-2H3,(H,24,25,26). The van der Waals surface area contributed by atoms with Gasteiger partial charge in [-0.2, -0.15) is 0 Å². The molecule has 6 heteroatoms. The second-order valence-electron chi connectivity index (χ2n) is 6.45. The van der Waals surface area contributed by atoms with Crippen LogP contribution in [0.2, 0.25) is 0 Å². The number of halogens is 1. The van der Waals surface area contributed by atoms with Crippen molar-refractivity contribution < 1.29 is 4.39 Å². The van der Waals surface area contributed by atoms with Gasteiger partial charge >= 0.3 is 0 Å². The quantitative estimate of drug-likeness (QED) is 0.523. The Hall–Kier alpha value is -2.99. The summed E-state index contributed by atoms with van der Waals surface area (Å²) in [6.45, 7) is 4.40. The number of hydrogen-bond acceptors (Lipinski definition) is 4. The summed E-state index contributed by atoms with van der Waals surface area (Å²) < 4.78 is 13.0. The molecule has 0 fully saturated rings. The molecule has 0 aliphatic carbocycles. The van der Waals surface area contributed by atoms with Crippen molar-refractivity contribution >= 4 is 27.2 Å². The number of rotatable bonds is 4. The second-order valence-corrected chi connectivity index (χ2v) is 7.66. The number of benzene rings is 2. The molecule has 0 amide bonds. The topological polar surface area (TPSA) is 57.8 Å². The van der Waals surface area contributed by atoms with Gasteiger partial charge in [-0.1, -0.05) is 29.8 Å². The van der Waals surface area contributed by atoms with Crippen LogP contribution in [0.15, 0.2) is 53.3 Å². The van der Waals surface area contributed by atoms with E-state index in [1.807, 2.05) is 38.1 Å². The predicted molar refractivity (Wildman–Crippen MR) is 109 cm³/mol. The molecule has 136 valence electrons. The highest BCUT2D eigenvalue weighted by molar-refractivity contribution is 7.19. The lowest BCUT2D eigenvalue weighted by Gasteiger charge is -2.06. The third kappa shape index (κ3) is 3.48. The molecule has 0 radical (unpaired) electrons. The number of nitrogens with one attached hydrogen (secondary N) is 2. The van der Waals surface area contributed by atoms with Crippen molar-refractivity contribution in [1.82, 2.24) is 9.97 Å². The van der Waals surface area contributed by atoms with Crippen LogP contribution in [0.5, 0.6) is 0 Å². The molecule has 0 aliphatic heterocycles. The van der Waals surface area contributed by atoms with E-state index in [9.17, 15) is 9.18 Å². The lowest BCUT2D eigenvalue weighted by atomic mass is 10.0. The molecule has 0 saturated carbocycles. The van der Waals surface area contributed by atoms with Gasteiger partial charge in [-0.05, 0) is 43.7 Å². The van der Waals surface area contributed by atoms with Crippen molar-refractivity contribution in [2.75, 3.05) is 5.32 Å². The Balaban J connectivity index is 1.69. The number of thiophene rings is 1. The zero-order valence-electron chi connectivity index (χ0n) is 15.0. The van der Waals surface area contributed by atoms with Crippen molar-refractivity contribution in [3.8, 4) is 11.1 Å². The highest BCUT2D eigenvalue weighted by Gasteiger charge is 2.16. The molecule has 2 aromatic heterocycles. The second kappa shape index (κ2) is 6.96. The maximum atomic E-state index is 13.0. The summed E-state index contributed by atoms with van der Waals surface area (Å²) in [6.07, 6.45) is 0. The lowest BCUT2D eigenvalue weighted by Crippen LogP contribution is -2.14. The van der Waals surface area contributed by atoms with Crippen molar-refractivity contribution in [2.24, 2.45) is 0 Å². The molecule has 0 spiro atoms. The highest BCUT2D eigenvalue weighted by atomic mass is 32.1. The van der Waals surface area contributed by atoms with E-state index >= 15 is 0 Å². The maximum absolute atomic E-state index is 13.0. The van der Waals surface area contributed by atoms with Crippen molar-refractivity contribution in [3.63, 3.8) is 0 Å². The smallest absolute Gasteiger partial charge is 0.260 e. The molecule has 0 saturated heterocycles. The number of aromatic amines is 1. The Labute approximate surface area is 159 Å². The van der Waals surface area contributed by atoms with Crippen molar-refractivity contribution in [2.45, 2.75) is 20.4 Å². The Morgan fingerprint density at radius 3 is 2.48 bits per heavy atom. The first kappa shape index (κ1) is 17.4. The van der Waals surface area contributed by atoms with Gasteiger partial charge in [0, 0.05) is 16.1 Å². The largest absolute Gasteiger partial charge is 0.378 e. The van der Waals surface area contributed by atoms with Gasteiger partial charge < -0.3 is 10.3 Å². The van der Waals surface area contributed by atoms with Crippen LogP contribution in [0, 0.1) is 19.7 Å². The molecule has 2 N–H and O–H groups in total. The Bertz CT molecular complexity index is 1160. The number of fused-ring (bicyclic) bond motifs is 1. The van der Waals surface area contributed by atoms with Gasteiger partial charge in [-0.25, -0.2) is 9.37 Å². The molecule has 4 aromatic rings. The van der Waals surface area contributed by atoms with Crippen LogP contribution >= 0.6 is 11.3 Å². The summed E-state index contributed by atoms with van der Waals surface area (Å²) in [7, 11) is 0. The number of aryl methyl sites for hydroxylation is 2. The van der Waals surface area contributed by atoms with Gasteiger partial charge in [0.25, 0.3) is 5.56 Å². The van der Waals surface area contributed by atoms with Crippen LogP contribution in [0.4, 0.5) is 10.1 Å². The molecule has 0 atom stereocenters. The summed E-state index contributed by atoms with van der Waals surface area (Å²) in [5, 5.41) is 3.78.